The first-order valence-corrected chi connectivity index (χ1v) is 10.3. The number of carbonyl (C=O) groups excluding carboxylic acids is 1. The first-order chi connectivity index (χ1) is 12.8. The van der Waals surface area contributed by atoms with E-state index < -0.39 is 5.91 Å². The van der Waals surface area contributed by atoms with Crippen LogP contribution in [0.5, 0.6) is 5.75 Å². The standard InChI is InChI=1S/C18H16BrCl3N2O2S/c1-2-3-6-26-16-5-4-10(19)7-11(16)17(25)24-18(27)23-15-9-13(21)12(20)8-14(15)22/h4-5,7-9H,2-3,6H2,1H3,(H2,23,24,25,27). The van der Waals surface area contributed by atoms with Crippen molar-refractivity contribution in [3.63, 3.8) is 0 Å². The summed E-state index contributed by atoms with van der Waals surface area (Å²) < 4.78 is 6.45. The Kier molecular flexibility index (Phi) is 8.63. The maximum Gasteiger partial charge on any atom is 0.261 e. The van der Waals surface area contributed by atoms with Gasteiger partial charge in [-0.3, -0.25) is 10.1 Å². The molecule has 0 fully saturated rings. The van der Waals surface area contributed by atoms with Gasteiger partial charge in [-0.1, -0.05) is 64.1 Å². The number of hydrogen-bond donors (Lipinski definition) is 2. The Morgan fingerprint density at radius 3 is 2.56 bits per heavy atom. The van der Waals surface area contributed by atoms with Gasteiger partial charge in [-0.05, 0) is 49.0 Å². The Morgan fingerprint density at radius 1 is 1.15 bits per heavy atom. The van der Waals surface area contributed by atoms with Gasteiger partial charge in [0, 0.05) is 4.47 Å². The molecule has 0 bridgehead atoms. The van der Waals surface area contributed by atoms with Crippen molar-refractivity contribution in [1.82, 2.24) is 5.32 Å². The molecule has 4 nitrogen and oxygen atoms in total. The molecule has 0 saturated heterocycles. The summed E-state index contributed by atoms with van der Waals surface area (Å²) in [4.78, 5) is 12.6. The topological polar surface area (TPSA) is 50.4 Å². The fourth-order valence-corrected chi connectivity index (χ4v) is 3.23. The van der Waals surface area contributed by atoms with Crippen LogP contribution in [0.3, 0.4) is 0 Å². The van der Waals surface area contributed by atoms with Gasteiger partial charge in [-0.15, -0.1) is 0 Å². The smallest absolute Gasteiger partial charge is 0.261 e. The average molecular weight is 511 g/mol. The number of amides is 1. The Balaban J connectivity index is 2.11. The van der Waals surface area contributed by atoms with Crippen molar-refractivity contribution >= 4 is 79.7 Å². The Morgan fingerprint density at radius 2 is 1.85 bits per heavy atom. The molecule has 144 valence electrons. The van der Waals surface area contributed by atoms with Crippen LogP contribution in [0.25, 0.3) is 0 Å². The van der Waals surface area contributed by atoms with Gasteiger partial charge in [0.2, 0.25) is 0 Å². The largest absolute Gasteiger partial charge is 0.493 e. The predicted molar refractivity (Wildman–Crippen MR) is 120 cm³/mol. The molecule has 9 heteroatoms. The van der Waals surface area contributed by atoms with E-state index in [9.17, 15) is 4.79 Å². The molecule has 0 atom stereocenters. The number of carbonyl (C=O) groups is 1. The maximum absolute atomic E-state index is 12.6. The predicted octanol–water partition coefficient (Wildman–Crippen LogP) is 6.72. The lowest BCUT2D eigenvalue weighted by molar-refractivity contribution is 0.0973. The van der Waals surface area contributed by atoms with Crippen LogP contribution in [0.2, 0.25) is 15.1 Å². The summed E-state index contributed by atoms with van der Waals surface area (Å²) in [6, 6.07) is 8.24. The molecule has 2 N–H and O–H groups in total. The number of thiocarbonyl (C=S) groups is 1. The fourth-order valence-electron chi connectivity index (χ4n) is 2.07. The molecule has 2 rings (SSSR count). The van der Waals surface area contributed by atoms with E-state index >= 15 is 0 Å². The minimum absolute atomic E-state index is 0.0692. The van der Waals surface area contributed by atoms with Crippen LogP contribution in [-0.2, 0) is 0 Å². The Labute approximate surface area is 186 Å². The Bertz CT molecular complexity index is 865. The van der Waals surface area contributed by atoms with E-state index in [0.29, 0.717) is 38.7 Å². The summed E-state index contributed by atoms with van der Waals surface area (Å²) in [5.41, 5.74) is 0.801. The van der Waals surface area contributed by atoms with Gasteiger partial charge in [-0.2, -0.15) is 0 Å². The summed E-state index contributed by atoms with van der Waals surface area (Å²) in [5.74, 6) is 0.0796. The SMILES string of the molecule is CCCCOc1ccc(Br)cc1C(=O)NC(=S)Nc1cc(Cl)c(Cl)cc1Cl. The monoisotopic (exact) mass is 508 g/mol. The molecule has 1 amide bonds. The van der Waals surface area contributed by atoms with E-state index in [-0.39, 0.29) is 5.11 Å². The van der Waals surface area contributed by atoms with Gasteiger partial charge < -0.3 is 10.1 Å². The molecule has 0 aliphatic carbocycles. The van der Waals surface area contributed by atoms with Crippen molar-refractivity contribution in [3.8, 4) is 5.75 Å². The molecule has 27 heavy (non-hydrogen) atoms. The number of anilines is 1. The summed E-state index contributed by atoms with van der Waals surface area (Å²) in [6.45, 7) is 2.59. The lowest BCUT2D eigenvalue weighted by Gasteiger charge is -2.14. The van der Waals surface area contributed by atoms with Crippen molar-refractivity contribution in [1.29, 1.82) is 0 Å². The zero-order valence-electron chi connectivity index (χ0n) is 14.2. The van der Waals surface area contributed by atoms with Gasteiger partial charge in [0.1, 0.15) is 5.75 Å². The second-order valence-electron chi connectivity index (χ2n) is 5.50. The van der Waals surface area contributed by atoms with Gasteiger partial charge in [-0.25, -0.2) is 0 Å². The molecule has 2 aromatic rings. The molecular weight excluding hydrogens is 495 g/mol. The average Bonchev–Trinajstić information content (AvgIpc) is 2.61. The first kappa shape index (κ1) is 22.2. The summed E-state index contributed by atoms with van der Waals surface area (Å²) in [7, 11) is 0. The van der Waals surface area contributed by atoms with Crippen molar-refractivity contribution in [2.45, 2.75) is 19.8 Å². The van der Waals surface area contributed by atoms with E-state index in [4.69, 9.17) is 51.8 Å². The van der Waals surface area contributed by atoms with Crippen molar-refractivity contribution < 1.29 is 9.53 Å². The highest BCUT2D eigenvalue weighted by Gasteiger charge is 2.16. The third-order valence-corrected chi connectivity index (χ3v) is 5.16. The lowest BCUT2D eigenvalue weighted by atomic mass is 10.2. The third-order valence-electron chi connectivity index (χ3n) is 3.43. The molecule has 0 heterocycles. The zero-order valence-corrected chi connectivity index (χ0v) is 18.9. The number of ether oxygens (including phenoxy) is 1. The second-order valence-corrected chi connectivity index (χ2v) is 8.04. The third kappa shape index (κ3) is 6.50. The van der Waals surface area contributed by atoms with Crippen LogP contribution in [0.15, 0.2) is 34.8 Å². The molecule has 0 spiro atoms. The number of unbranched alkanes of at least 4 members (excludes halogenated alkanes) is 1. The highest BCUT2D eigenvalue weighted by atomic mass is 79.9. The molecule has 0 saturated carbocycles. The number of rotatable bonds is 6. The van der Waals surface area contributed by atoms with E-state index in [0.717, 1.165) is 17.3 Å². The number of hydrogen-bond acceptors (Lipinski definition) is 3. The van der Waals surface area contributed by atoms with Gasteiger partial charge in [0.05, 0.1) is 32.9 Å². The second kappa shape index (κ2) is 10.5. The molecule has 0 aromatic heterocycles. The molecular formula is C18H16BrCl3N2O2S. The molecule has 0 radical (unpaired) electrons. The van der Waals surface area contributed by atoms with Crippen molar-refractivity contribution in [3.05, 3.63) is 55.4 Å². The van der Waals surface area contributed by atoms with E-state index in [1.807, 2.05) is 6.07 Å². The number of benzene rings is 2. The van der Waals surface area contributed by atoms with Crippen LogP contribution in [0, 0.1) is 0 Å². The molecule has 2 aromatic carbocycles. The highest BCUT2D eigenvalue weighted by Crippen LogP contribution is 2.32. The minimum Gasteiger partial charge on any atom is -0.493 e. The maximum atomic E-state index is 12.6. The summed E-state index contributed by atoms with van der Waals surface area (Å²) >= 11 is 26.6. The summed E-state index contributed by atoms with van der Waals surface area (Å²) in [5, 5.41) is 6.48. The summed E-state index contributed by atoms with van der Waals surface area (Å²) in [6.07, 6.45) is 1.89. The van der Waals surface area contributed by atoms with Crippen LogP contribution in [0.1, 0.15) is 30.1 Å². The van der Waals surface area contributed by atoms with Crippen molar-refractivity contribution in [2.24, 2.45) is 0 Å². The molecule has 0 unspecified atom stereocenters. The van der Waals surface area contributed by atoms with Gasteiger partial charge >= 0.3 is 0 Å². The lowest BCUT2D eigenvalue weighted by Crippen LogP contribution is -2.34. The van der Waals surface area contributed by atoms with E-state index in [2.05, 4.69) is 33.5 Å². The number of nitrogens with one attached hydrogen (secondary N) is 2. The first-order valence-electron chi connectivity index (χ1n) is 8.01. The molecule has 0 aliphatic heterocycles. The normalized spacial score (nSPS) is 10.4. The van der Waals surface area contributed by atoms with Crippen LogP contribution in [0.4, 0.5) is 5.69 Å². The van der Waals surface area contributed by atoms with Gasteiger partial charge in [0.15, 0.2) is 5.11 Å². The van der Waals surface area contributed by atoms with Gasteiger partial charge in [0.25, 0.3) is 5.91 Å². The van der Waals surface area contributed by atoms with Crippen LogP contribution in [-0.4, -0.2) is 17.6 Å². The molecule has 0 aliphatic rings. The van der Waals surface area contributed by atoms with Crippen LogP contribution < -0.4 is 15.4 Å². The van der Waals surface area contributed by atoms with E-state index in [1.165, 1.54) is 12.1 Å². The Hall–Kier alpha value is -1.05. The number of halogens is 4. The highest BCUT2D eigenvalue weighted by molar-refractivity contribution is 9.10. The quantitative estimate of drug-likeness (QED) is 0.257. The zero-order chi connectivity index (χ0) is 20.0. The van der Waals surface area contributed by atoms with Crippen LogP contribution >= 0.6 is 63.0 Å². The fraction of sp³-hybridized carbons (Fsp3) is 0.222. The minimum atomic E-state index is -0.406. The van der Waals surface area contributed by atoms with Crippen molar-refractivity contribution in [2.75, 3.05) is 11.9 Å². The van der Waals surface area contributed by atoms with E-state index in [1.54, 1.807) is 12.1 Å².